The van der Waals surface area contributed by atoms with E-state index in [1.807, 2.05) is 19.1 Å². The van der Waals surface area contributed by atoms with Gasteiger partial charge in [0.25, 0.3) is 0 Å². The van der Waals surface area contributed by atoms with E-state index < -0.39 is 11.9 Å². The molecule has 0 aliphatic carbocycles. The predicted octanol–water partition coefficient (Wildman–Crippen LogP) is 6.75. The third kappa shape index (κ3) is 5.70. The van der Waals surface area contributed by atoms with Gasteiger partial charge in [0.2, 0.25) is 11.8 Å². The Morgan fingerprint density at radius 3 is 2.75 bits per heavy atom. The van der Waals surface area contributed by atoms with E-state index >= 15 is 0 Å². The second kappa shape index (κ2) is 11.5. The Bertz CT molecular complexity index is 1530. The summed E-state index contributed by atoms with van der Waals surface area (Å²) >= 11 is 5.97. The number of amides is 3. The Kier molecular flexibility index (Phi) is 7.84. The van der Waals surface area contributed by atoms with E-state index in [2.05, 4.69) is 15.6 Å². The first-order chi connectivity index (χ1) is 19.2. The topological polar surface area (TPSA) is 112 Å². The molecule has 0 radical (unpaired) electrons. The predicted molar refractivity (Wildman–Crippen MR) is 151 cm³/mol. The number of carbonyl (C=O) groups is 3. The summed E-state index contributed by atoms with van der Waals surface area (Å²) in [5.74, 6) is -1.26. The van der Waals surface area contributed by atoms with Gasteiger partial charge >= 0.3 is 6.09 Å². The summed E-state index contributed by atoms with van der Waals surface area (Å²) in [6.45, 7) is 2.22. The molecule has 3 aromatic rings. The Hall–Kier alpha value is -4.24. The number of anilines is 2. The average Bonchev–Trinajstić information content (AvgIpc) is 2.92. The fourth-order valence-electron chi connectivity index (χ4n) is 5.30. The van der Waals surface area contributed by atoms with Gasteiger partial charge in [-0.3, -0.25) is 19.9 Å². The van der Waals surface area contributed by atoms with E-state index in [0.717, 1.165) is 5.56 Å². The first-order valence-electron chi connectivity index (χ1n) is 13.1. The van der Waals surface area contributed by atoms with Crippen LogP contribution in [0.15, 0.2) is 60.8 Å². The molecule has 10 heteroatoms. The number of halogens is 2. The summed E-state index contributed by atoms with van der Waals surface area (Å²) < 4.78 is 14.7. The van der Waals surface area contributed by atoms with Gasteiger partial charge in [-0.2, -0.15) is 0 Å². The van der Waals surface area contributed by atoms with Gasteiger partial charge in [-0.05, 0) is 60.7 Å². The number of nitrogens with zero attached hydrogens (tertiary/aromatic N) is 2. The number of hydrogen-bond donors (Lipinski definition) is 3. The number of carbonyl (C=O) groups excluding carboxylic acids is 2. The van der Waals surface area contributed by atoms with Crippen molar-refractivity contribution in [2.45, 2.75) is 38.6 Å². The highest BCUT2D eigenvalue weighted by molar-refractivity contribution is 6.31. The lowest BCUT2D eigenvalue weighted by atomic mass is 9.92. The third-order valence-electron chi connectivity index (χ3n) is 7.40. The maximum atomic E-state index is 14.7. The highest BCUT2D eigenvalue weighted by Gasteiger charge is 2.30. The van der Waals surface area contributed by atoms with Gasteiger partial charge in [-0.25, -0.2) is 9.18 Å². The molecule has 206 valence electrons. The molecule has 0 spiro atoms. The van der Waals surface area contributed by atoms with Crippen molar-refractivity contribution in [1.82, 2.24) is 9.88 Å². The molecule has 2 aliphatic heterocycles. The molecule has 3 N–H and O–H groups in total. The Labute approximate surface area is 235 Å². The number of nitrogens with one attached hydrogen (secondary N) is 2. The number of aromatic nitrogens is 1. The van der Waals surface area contributed by atoms with Crippen LogP contribution in [0, 0.1) is 11.7 Å². The Balaban J connectivity index is 1.52. The normalized spacial score (nSPS) is 19.5. The van der Waals surface area contributed by atoms with E-state index in [1.165, 1.54) is 12.1 Å². The van der Waals surface area contributed by atoms with Crippen LogP contribution in [-0.4, -0.2) is 39.4 Å². The number of pyridine rings is 1. The number of fused-ring (bicyclic) bond motifs is 4. The molecular formula is C30H28ClFN4O4. The molecule has 8 nitrogen and oxygen atoms in total. The second-order valence-corrected chi connectivity index (χ2v) is 10.5. The van der Waals surface area contributed by atoms with Crippen molar-refractivity contribution in [3.8, 4) is 11.1 Å². The van der Waals surface area contributed by atoms with E-state index in [0.29, 0.717) is 66.0 Å². The van der Waals surface area contributed by atoms with Crippen LogP contribution in [0.25, 0.3) is 16.7 Å². The first kappa shape index (κ1) is 27.3. The lowest BCUT2D eigenvalue weighted by Crippen LogP contribution is -2.38. The van der Waals surface area contributed by atoms with Crippen molar-refractivity contribution in [2.75, 3.05) is 17.2 Å². The van der Waals surface area contributed by atoms with Crippen LogP contribution in [0.4, 0.5) is 20.6 Å². The third-order valence-corrected chi connectivity index (χ3v) is 7.69. The molecule has 40 heavy (non-hydrogen) atoms. The minimum atomic E-state index is -1.21. The van der Waals surface area contributed by atoms with Crippen LogP contribution < -0.4 is 10.6 Å². The van der Waals surface area contributed by atoms with Gasteiger partial charge in [0.05, 0.1) is 22.4 Å². The summed E-state index contributed by atoms with van der Waals surface area (Å²) in [6.07, 6.45) is 4.24. The van der Waals surface area contributed by atoms with Crippen molar-refractivity contribution in [3.05, 3.63) is 82.9 Å². The van der Waals surface area contributed by atoms with Crippen molar-refractivity contribution >= 4 is 46.5 Å². The summed E-state index contributed by atoms with van der Waals surface area (Å²) in [5.41, 5.74) is 3.90. The molecule has 0 saturated carbocycles. The molecule has 2 atom stereocenters. The fourth-order valence-corrected chi connectivity index (χ4v) is 5.47. The monoisotopic (exact) mass is 562 g/mol. The maximum Gasteiger partial charge on any atom is 0.409 e. The molecule has 2 aromatic carbocycles. The van der Waals surface area contributed by atoms with Gasteiger partial charge in [0.15, 0.2) is 0 Å². The standard InChI is InChI=1S/C30H28ClFN4O4/c1-17-4-2-7-26(36-13-11-19(15-27(36)37)22-5-3-6-23(31)28(22)32)25-14-18(10-12-33-25)21-9-8-20(34-30(39)40)16-24(21)35-29(17)38/h3,5-6,8-10,12,14-17,26,34H,2,4,7,11,13H2,1H3,(H,35,38)(H,39,40)/t17-,26+/m1/s1. The Morgan fingerprint density at radius 2 is 1.98 bits per heavy atom. The SMILES string of the molecule is C[C@@H]1CCC[C@H](N2CCC(c3cccc(Cl)c3F)=CC2=O)c2cc(ccn2)-c2ccc(NC(=O)O)cc2NC1=O. The van der Waals surface area contributed by atoms with Crippen LogP contribution in [0.5, 0.6) is 0 Å². The zero-order valence-electron chi connectivity index (χ0n) is 21.8. The summed E-state index contributed by atoms with van der Waals surface area (Å²) in [6, 6.07) is 13.1. The number of carboxylic acid groups (broad SMARTS) is 1. The summed E-state index contributed by atoms with van der Waals surface area (Å²) in [5, 5.41) is 14.4. The minimum Gasteiger partial charge on any atom is -0.465 e. The van der Waals surface area contributed by atoms with Gasteiger partial charge in [-0.1, -0.05) is 43.1 Å². The smallest absolute Gasteiger partial charge is 0.409 e. The van der Waals surface area contributed by atoms with Crippen LogP contribution in [0.1, 0.15) is 49.9 Å². The van der Waals surface area contributed by atoms with Crippen LogP contribution >= 0.6 is 11.6 Å². The van der Waals surface area contributed by atoms with Crippen LogP contribution in [0.3, 0.4) is 0 Å². The van der Waals surface area contributed by atoms with Gasteiger partial charge < -0.3 is 15.3 Å². The number of rotatable bonds is 3. The van der Waals surface area contributed by atoms with Gasteiger partial charge in [-0.15, -0.1) is 0 Å². The molecule has 3 amide bonds. The molecule has 0 unspecified atom stereocenters. The number of hydrogen-bond acceptors (Lipinski definition) is 4. The lowest BCUT2D eigenvalue weighted by molar-refractivity contribution is -0.129. The summed E-state index contributed by atoms with van der Waals surface area (Å²) in [4.78, 5) is 44.0. The highest BCUT2D eigenvalue weighted by atomic mass is 35.5. The summed E-state index contributed by atoms with van der Waals surface area (Å²) in [7, 11) is 0. The molecule has 5 rings (SSSR count). The second-order valence-electron chi connectivity index (χ2n) is 10.0. The fraction of sp³-hybridized carbons (Fsp3) is 0.267. The minimum absolute atomic E-state index is 0.0120. The molecule has 2 bridgehead atoms. The van der Waals surface area contributed by atoms with Gasteiger partial charge in [0.1, 0.15) is 5.82 Å². The van der Waals surface area contributed by atoms with E-state index in [1.54, 1.807) is 41.4 Å². The zero-order chi connectivity index (χ0) is 28.4. The van der Waals surface area contributed by atoms with Crippen molar-refractivity contribution in [1.29, 1.82) is 0 Å². The Morgan fingerprint density at radius 1 is 1.15 bits per heavy atom. The largest absolute Gasteiger partial charge is 0.465 e. The van der Waals surface area contributed by atoms with E-state index in [9.17, 15) is 18.8 Å². The first-order valence-corrected chi connectivity index (χ1v) is 13.5. The van der Waals surface area contributed by atoms with E-state index in [4.69, 9.17) is 16.7 Å². The van der Waals surface area contributed by atoms with Crippen molar-refractivity contribution in [3.63, 3.8) is 0 Å². The quantitative estimate of drug-likeness (QED) is 0.327. The van der Waals surface area contributed by atoms with Crippen molar-refractivity contribution < 1.29 is 23.9 Å². The van der Waals surface area contributed by atoms with Crippen molar-refractivity contribution in [2.24, 2.45) is 5.92 Å². The van der Waals surface area contributed by atoms with Crippen LogP contribution in [-0.2, 0) is 9.59 Å². The maximum absolute atomic E-state index is 14.7. The number of benzene rings is 2. The molecule has 3 heterocycles. The lowest BCUT2D eigenvalue weighted by Gasteiger charge is -2.34. The average molecular weight is 563 g/mol. The van der Waals surface area contributed by atoms with Crippen LogP contribution in [0.2, 0.25) is 5.02 Å². The molecular weight excluding hydrogens is 535 g/mol. The highest BCUT2D eigenvalue weighted by Crippen LogP contribution is 2.37. The molecule has 0 fully saturated rings. The molecule has 0 saturated heterocycles. The zero-order valence-corrected chi connectivity index (χ0v) is 22.5. The van der Waals surface area contributed by atoms with Gasteiger partial charge in [0, 0.05) is 41.5 Å². The van der Waals surface area contributed by atoms with E-state index in [-0.39, 0.29) is 28.8 Å². The molecule has 2 aliphatic rings. The molecule has 1 aromatic heterocycles.